The fraction of sp³-hybridized carbons (Fsp3) is 0.353. The van der Waals surface area contributed by atoms with E-state index in [2.05, 4.69) is 11.8 Å². The third-order valence-electron chi connectivity index (χ3n) is 7.46. The highest BCUT2D eigenvalue weighted by atomic mass is 19.2. The van der Waals surface area contributed by atoms with Gasteiger partial charge in [0.25, 0.3) is 0 Å². The lowest BCUT2D eigenvalue weighted by Crippen LogP contribution is -2.13. The van der Waals surface area contributed by atoms with Gasteiger partial charge in [0.2, 0.25) is 5.82 Å². The summed E-state index contributed by atoms with van der Waals surface area (Å²) in [5, 5.41) is 19.0. The van der Waals surface area contributed by atoms with Crippen molar-refractivity contribution >= 4 is 22.8 Å². The van der Waals surface area contributed by atoms with Gasteiger partial charge in [0.1, 0.15) is 0 Å². The molecule has 0 fully saturated rings. The number of ether oxygens (including phenoxy) is 1. The molecule has 0 bridgehead atoms. The largest absolute Gasteiger partial charge is 0.481 e. The molecular weight excluding hydrogens is 597 g/mol. The number of aryl methyl sites for hydroxylation is 2. The summed E-state index contributed by atoms with van der Waals surface area (Å²) in [7, 11) is 0. The Hall–Kier alpha value is -4.43. The van der Waals surface area contributed by atoms with Crippen molar-refractivity contribution in [3.63, 3.8) is 0 Å². The zero-order valence-corrected chi connectivity index (χ0v) is 24.4. The maximum Gasteiger partial charge on any atom is 0.303 e. The Morgan fingerprint density at radius 3 is 2.22 bits per heavy atom. The van der Waals surface area contributed by atoms with Gasteiger partial charge in [-0.1, -0.05) is 36.1 Å². The van der Waals surface area contributed by atoms with E-state index in [-0.39, 0.29) is 38.4 Å². The van der Waals surface area contributed by atoms with Gasteiger partial charge in [-0.15, -0.1) is 0 Å². The van der Waals surface area contributed by atoms with Crippen LogP contribution >= 0.6 is 0 Å². The summed E-state index contributed by atoms with van der Waals surface area (Å²) >= 11 is 0. The van der Waals surface area contributed by atoms with Crippen molar-refractivity contribution in [2.24, 2.45) is 0 Å². The number of unbranched alkanes of at least 4 members (excludes halogenated alkanes) is 1. The van der Waals surface area contributed by atoms with Gasteiger partial charge in [-0.05, 0) is 62.7 Å². The Bertz CT molecular complexity index is 1670. The maximum absolute atomic E-state index is 13.8. The second-order valence-corrected chi connectivity index (χ2v) is 10.7. The molecule has 1 unspecified atom stereocenters. The number of carboxylic acid groups (broad SMARTS) is 2. The molecule has 1 atom stereocenters. The predicted octanol–water partition coefficient (Wildman–Crippen LogP) is 7.25. The average Bonchev–Trinajstić information content (AvgIpc) is 3.37. The Labute approximate surface area is 256 Å². The zero-order chi connectivity index (χ0) is 32.5. The van der Waals surface area contributed by atoms with E-state index >= 15 is 0 Å². The number of benzene rings is 2. The molecule has 0 saturated heterocycles. The molecule has 1 aliphatic rings. The van der Waals surface area contributed by atoms with Crippen LogP contribution in [-0.4, -0.2) is 39.4 Å². The number of hydrogen-bond donors (Lipinski definition) is 2. The number of hydrogen-bond acceptors (Lipinski definition) is 3. The van der Waals surface area contributed by atoms with E-state index in [1.54, 1.807) is 0 Å². The summed E-state index contributed by atoms with van der Waals surface area (Å²) in [6.45, 7) is 0.707. The maximum atomic E-state index is 13.8. The van der Waals surface area contributed by atoms with E-state index in [0.717, 1.165) is 27.6 Å². The second kappa shape index (κ2) is 15.5. The van der Waals surface area contributed by atoms with Crippen LogP contribution in [0.3, 0.4) is 0 Å². The van der Waals surface area contributed by atoms with Gasteiger partial charge in [0.15, 0.2) is 23.3 Å². The van der Waals surface area contributed by atoms with Crippen molar-refractivity contribution in [2.75, 3.05) is 6.61 Å². The van der Waals surface area contributed by atoms with E-state index in [1.165, 1.54) is 0 Å². The lowest BCUT2D eigenvalue weighted by Gasteiger charge is -2.15. The van der Waals surface area contributed by atoms with Crippen LogP contribution in [0, 0.1) is 40.9 Å². The highest BCUT2D eigenvalue weighted by molar-refractivity contribution is 5.89. The van der Waals surface area contributed by atoms with Crippen molar-refractivity contribution in [1.29, 1.82) is 0 Å². The Morgan fingerprint density at radius 1 is 0.867 bits per heavy atom. The SMILES string of the molecule is O=C(O)CCCc1cn(CCCC(=O)O)c2c(C#CC3=CCC(OCCCCc4c(F)c(F)c(F)c(F)c4F)C=C3)cccc12. The number of nitrogens with zero attached hydrogens (tertiary/aromatic N) is 1. The molecule has 0 spiro atoms. The van der Waals surface area contributed by atoms with Crippen LogP contribution in [0.5, 0.6) is 0 Å². The summed E-state index contributed by atoms with van der Waals surface area (Å²) in [5.41, 5.74) is 2.55. The van der Waals surface area contributed by atoms with Crippen LogP contribution in [0.2, 0.25) is 0 Å². The molecule has 6 nitrogen and oxygen atoms in total. The smallest absolute Gasteiger partial charge is 0.303 e. The number of para-hydroxylation sites is 1. The minimum Gasteiger partial charge on any atom is -0.481 e. The van der Waals surface area contributed by atoms with Crippen LogP contribution < -0.4 is 0 Å². The van der Waals surface area contributed by atoms with Crippen molar-refractivity contribution in [1.82, 2.24) is 4.57 Å². The van der Waals surface area contributed by atoms with Crippen molar-refractivity contribution < 1.29 is 46.5 Å². The third kappa shape index (κ3) is 8.60. The van der Waals surface area contributed by atoms with Crippen molar-refractivity contribution in [3.05, 3.63) is 94.0 Å². The van der Waals surface area contributed by atoms with Crippen LogP contribution in [0.25, 0.3) is 10.9 Å². The molecule has 0 amide bonds. The average molecular weight is 630 g/mol. The predicted molar refractivity (Wildman–Crippen MR) is 157 cm³/mol. The first kappa shape index (κ1) is 33.5. The van der Waals surface area contributed by atoms with Gasteiger partial charge in [-0.2, -0.15) is 0 Å². The van der Waals surface area contributed by atoms with Gasteiger partial charge in [-0.25, -0.2) is 22.0 Å². The fourth-order valence-corrected chi connectivity index (χ4v) is 5.21. The highest BCUT2D eigenvalue weighted by Gasteiger charge is 2.25. The van der Waals surface area contributed by atoms with Gasteiger partial charge >= 0.3 is 11.9 Å². The monoisotopic (exact) mass is 629 g/mol. The first-order valence-electron chi connectivity index (χ1n) is 14.6. The van der Waals surface area contributed by atoms with Gasteiger partial charge < -0.3 is 19.5 Å². The number of fused-ring (bicyclic) bond motifs is 1. The van der Waals surface area contributed by atoms with Crippen molar-refractivity contribution in [2.45, 2.75) is 70.4 Å². The molecule has 1 aromatic heterocycles. The molecular formula is C34H32F5NO5. The molecule has 1 aliphatic carbocycles. The number of aliphatic carboxylic acids is 2. The molecule has 2 aromatic carbocycles. The number of rotatable bonds is 14. The van der Waals surface area contributed by atoms with Crippen LogP contribution in [0.4, 0.5) is 22.0 Å². The number of aromatic nitrogens is 1. The van der Waals surface area contributed by atoms with Gasteiger partial charge in [-0.3, -0.25) is 9.59 Å². The lowest BCUT2D eigenvalue weighted by atomic mass is 10.0. The minimum absolute atomic E-state index is 0.0219. The normalized spacial score (nSPS) is 14.3. The van der Waals surface area contributed by atoms with Crippen LogP contribution in [0.15, 0.2) is 48.2 Å². The molecule has 4 rings (SSSR count). The summed E-state index contributed by atoms with van der Waals surface area (Å²) in [6, 6.07) is 5.72. The van der Waals surface area contributed by atoms with E-state index < -0.39 is 46.6 Å². The van der Waals surface area contributed by atoms with Crippen molar-refractivity contribution in [3.8, 4) is 11.8 Å². The van der Waals surface area contributed by atoms with E-state index in [9.17, 15) is 31.5 Å². The number of halogens is 5. The second-order valence-electron chi connectivity index (χ2n) is 10.7. The molecule has 0 aliphatic heterocycles. The minimum atomic E-state index is -2.17. The molecule has 0 radical (unpaired) electrons. The number of carboxylic acids is 2. The highest BCUT2D eigenvalue weighted by Crippen LogP contribution is 2.27. The molecule has 45 heavy (non-hydrogen) atoms. The Balaban J connectivity index is 1.36. The first-order chi connectivity index (χ1) is 21.6. The molecule has 2 N–H and O–H groups in total. The van der Waals surface area contributed by atoms with Gasteiger partial charge in [0, 0.05) is 54.3 Å². The summed E-state index contributed by atoms with van der Waals surface area (Å²) in [6.07, 6.45) is 9.56. The van der Waals surface area contributed by atoms with E-state index in [0.29, 0.717) is 38.6 Å². The molecule has 11 heteroatoms. The lowest BCUT2D eigenvalue weighted by molar-refractivity contribution is -0.138. The molecule has 3 aromatic rings. The third-order valence-corrected chi connectivity index (χ3v) is 7.46. The summed E-state index contributed by atoms with van der Waals surface area (Å²) in [4.78, 5) is 22.1. The van der Waals surface area contributed by atoms with Gasteiger partial charge in [0.05, 0.1) is 11.6 Å². The Kier molecular flexibility index (Phi) is 11.5. The fourth-order valence-electron chi connectivity index (χ4n) is 5.21. The first-order valence-corrected chi connectivity index (χ1v) is 14.6. The van der Waals surface area contributed by atoms with Crippen LogP contribution in [0.1, 0.15) is 61.6 Å². The molecule has 0 saturated carbocycles. The number of allylic oxidation sites excluding steroid dienone is 2. The summed E-state index contributed by atoms with van der Waals surface area (Å²) in [5.74, 6) is -5.04. The summed E-state index contributed by atoms with van der Waals surface area (Å²) < 4.78 is 75.4. The van der Waals surface area contributed by atoms with E-state index in [1.807, 2.05) is 47.2 Å². The Morgan fingerprint density at radius 2 is 1.56 bits per heavy atom. The standard InChI is InChI=1S/C34H32F5NO5/c35-29-26(30(36)32(38)33(39)31(29)37)8-1-2-19-45-24-16-13-21(14-17-24)12-15-22-6-3-9-25-23(7-4-10-27(41)42)20-40(34(22)25)18-5-11-28(43)44/h3,6,9,13-14,16,20,24H,1-2,4-5,7-8,10-11,17-19H2,(H,41,42)(H,43,44). The molecule has 238 valence electrons. The topological polar surface area (TPSA) is 88.8 Å². The van der Waals surface area contributed by atoms with Crippen LogP contribution in [-0.2, 0) is 33.7 Å². The molecule has 1 heterocycles. The zero-order valence-electron chi connectivity index (χ0n) is 24.4. The number of carbonyl (C=O) groups is 2. The van der Waals surface area contributed by atoms with E-state index in [4.69, 9.17) is 14.9 Å². The quantitative estimate of drug-likeness (QED) is 0.0645.